The third-order valence-electron chi connectivity index (χ3n) is 3.99. The number of H-pyrrole nitrogens is 1. The van der Waals surface area contributed by atoms with Gasteiger partial charge >= 0.3 is 0 Å². The zero-order valence-electron chi connectivity index (χ0n) is 13.9. The van der Waals surface area contributed by atoms with E-state index in [1.165, 1.54) is 24.4 Å². The predicted molar refractivity (Wildman–Crippen MR) is 88.7 cm³/mol. The van der Waals surface area contributed by atoms with Crippen LogP contribution < -0.4 is 5.32 Å². The Kier molecular flexibility index (Phi) is 4.69. The Hall–Kier alpha value is -2.51. The van der Waals surface area contributed by atoms with Crippen molar-refractivity contribution in [2.75, 3.05) is 6.54 Å². The van der Waals surface area contributed by atoms with Crippen molar-refractivity contribution in [1.82, 2.24) is 15.5 Å². The number of aromatic amines is 1. The lowest BCUT2D eigenvalue weighted by molar-refractivity contribution is 0.0333. The van der Waals surface area contributed by atoms with Gasteiger partial charge in [-0.15, -0.1) is 0 Å². The average molecular weight is 347 g/mol. The minimum Gasteiger partial charge on any atom is -0.463 e. The molecule has 0 amide bonds. The Morgan fingerprint density at radius 2 is 1.96 bits per heavy atom. The molecule has 7 heteroatoms. The largest absolute Gasteiger partial charge is 0.463 e. The number of hydrogen-bond acceptors (Lipinski definition) is 4. The molecule has 2 heterocycles. The number of aliphatic hydroxyl groups is 1. The number of hydrogen-bond donors (Lipinski definition) is 3. The summed E-state index contributed by atoms with van der Waals surface area (Å²) >= 11 is 0. The highest BCUT2D eigenvalue weighted by Gasteiger charge is 2.26. The quantitative estimate of drug-likeness (QED) is 0.640. The smallest absolute Gasteiger partial charge is 0.136 e. The Bertz CT molecular complexity index is 851. The first kappa shape index (κ1) is 17.3. The molecule has 3 N–H and O–H groups in total. The molecule has 132 valence electrons. The molecule has 0 aliphatic rings. The lowest BCUT2D eigenvalue weighted by Crippen LogP contribution is -2.34. The molecule has 5 nitrogen and oxygen atoms in total. The van der Waals surface area contributed by atoms with Crippen molar-refractivity contribution < 1.29 is 18.3 Å². The molecule has 0 bridgehead atoms. The standard InChI is InChI=1S/C18H19F2N3O2/c1-11-6-7-15(25-11)18(2,24)10-21-8-12-9-22-23-17(12)16-13(19)4-3-5-14(16)20/h3-7,9,21,24H,8,10H2,1-2H3,(H,22,23). The topological polar surface area (TPSA) is 74.1 Å². The molecule has 1 atom stereocenters. The maximum atomic E-state index is 14.0. The third-order valence-corrected chi connectivity index (χ3v) is 3.99. The zero-order valence-corrected chi connectivity index (χ0v) is 13.9. The molecule has 0 aliphatic carbocycles. The lowest BCUT2D eigenvalue weighted by atomic mass is 10.0. The van der Waals surface area contributed by atoms with E-state index >= 15 is 0 Å². The normalized spacial score (nSPS) is 13.8. The molecular weight excluding hydrogens is 328 g/mol. The molecule has 0 saturated carbocycles. The van der Waals surface area contributed by atoms with Crippen molar-refractivity contribution in [3.8, 4) is 11.3 Å². The Balaban J connectivity index is 1.72. The van der Waals surface area contributed by atoms with Gasteiger partial charge in [0.15, 0.2) is 0 Å². The van der Waals surface area contributed by atoms with Crippen molar-refractivity contribution in [2.45, 2.75) is 26.0 Å². The summed E-state index contributed by atoms with van der Waals surface area (Å²) in [6.45, 7) is 3.90. The molecular formula is C18H19F2N3O2. The maximum absolute atomic E-state index is 14.0. The second-order valence-corrected chi connectivity index (χ2v) is 6.15. The summed E-state index contributed by atoms with van der Waals surface area (Å²) in [6.07, 6.45) is 1.50. The molecule has 0 saturated heterocycles. The second-order valence-electron chi connectivity index (χ2n) is 6.15. The summed E-state index contributed by atoms with van der Waals surface area (Å²) < 4.78 is 33.4. The van der Waals surface area contributed by atoms with Crippen LogP contribution in [-0.4, -0.2) is 21.8 Å². The number of furan rings is 1. The summed E-state index contributed by atoms with van der Waals surface area (Å²) in [7, 11) is 0. The van der Waals surface area contributed by atoms with Gasteiger partial charge in [0, 0.05) is 18.7 Å². The van der Waals surface area contributed by atoms with Crippen LogP contribution in [0, 0.1) is 18.6 Å². The van der Waals surface area contributed by atoms with Crippen molar-refractivity contribution in [1.29, 1.82) is 0 Å². The fourth-order valence-corrected chi connectivity index (χ4v) is 2.65. The SMILES string of the molecule is Cc1ccc(C(C)(O)CNCc2cn[nH]c2-c2c(F)cccc2F)o1. The lowest BCUT2D eigenvalue weighted by Gasteiger charge is -2.21. The van der Waals surface area contributed by atoms with E-state index < -0.39 is 17.2 Å². The molecule has 0 aliphatic heterocycles. The molecule has 25 heavy (non-hydrogen) atoms. The molecule has 3 rings (SSSR count). The summed E-state index contributed by atoms with van der Waals surface area (Å²) in [6, 6.07) is 7.19. The van der Waals surface area contributed by atoms with Gasteiger partial charge in [-0.2, -0.15) is 5.10 Å². The highest BCUT2D eigenvalue weighted by Crippen LogP contribution is 2.27. The van der Waals surface area contributed by atoms with Crippen molar-refractivity contribution >= 4 is 0 Å². The maximum Gasteiger partial charge on any atom is 0.136 e. The number of nitrogens with zero attached hydrogens (tertiary/aromatic N) is 1. The number of nitrogens with one attached hydrogen (secondary N) is 2. The van der Waals surface area contributed by atoms with Crippen LogP contribution in [0.2, 0.25) is 0 Å². The number of benzene rings is 1. The minimum absolute atomic E-state index is 0.148. The molecule has 0 radical (unpaired) electrons. The molecule has 1 unspecified atom stereocenters. The first-order valence-electron chi connectivity index (χ1n) is 7.85. The van der Waals surface area contributed by atoms with Crippen LogP contribution in [0.15, 0.2) is 40.9 Å². The van der Waals surface area contributed by atoms with E-state index in [1.54, 1.807) is 26.0 Å². The fraction of sp³-hybridized carbons (Fsp3) is 0.278. The zero-order chi connectivity index (χ0) is 18.0. The number of rotatable bonds is 6. The van der Waals surface area contributed by atoms with Crippen molar-refractivity contribution in [3.05, 3.63) is 65.2 Å². The number of aromatic nitrogens is 2. The summed E-state index contributed by atoms with van der Waals surface area (Å²) in [5.41, 5.74) is -0.487. The highest BCUT2D eigenvalue weighted by atomic mass is 19.1. The van der Waals surface area contributed by atoms with E-state index in [4.69, 9.17) is 4.42 Å². The molecule has 2 aromatic heterocycles. The van der Waals surface area contributed by atoms with Gasteiger partial charge in [-0.25, -0.2) is 8.78 Å². The van der Waals surface area contributed by atoms with E-state index in [9.17, 15) is 13.9 Å². The molecule has 0 fully saturated rings. The van der Waals surface area contributed by atoms with Gasteiger partial charge in [-0.3, -0.25) is 5.10 Å². The summed E-state index contributed by atoms with van der Waals surface area (Å²) in [5, 5.41) is 20.1. The van der Waals surface area contributed by atoms with Gasteiger partial charge in [-0.05, 0) is 38.1 Å². The molecule has 0 spiro atoms. The van der Waals surface area contributed by atoms with E-state index in [0.717, 1.165) is 0 Å². The predicted octanol–water partition coefficient (Wildman–Crippen LogP) is 3.25. The first-order valence-corrected chi connectivity index (χ1v) is 7.85. The Morgan fingerprint density at radius 1 is 1.24 bits per heavy atom. The Labute approximate surface area is 143 Å². The van der Waals surface area contributed by atoms with Crippen LogP contribution in [0.4, 0.5) is 8.78 Å². The van der Waals surface area contributed by atoms with E-state index in [0.29, 0.717) is 17.1 Å². The van der Waals surface area contributed by atoms with Gasteiger partial charge in [0.1, 0.15) is 28.8 Å². The average Bonchev–Trinajstić information content (AvgIpc) is 3.17. The van der Waals surface area contributed by atoms with Gasteiger partial charge in [-0.1, -0.05) is 6.07 Å². The van der Waals surface area contributed by atoms with E-state index in [-0.39, 0.29) is 24.3 Å². The highest BCUT2D eigenvalue weighted by molar-refractivity contribution is 5.64. The van der Waals surface area contributed by atoms with Crippen LogP contribution in [0.3, 0.4) is 0 Å². The van der Waals surface area contributed by atoms with Crippen LogP contribution in [0.25, 0.3) is 11.3 Å². The third kappa shape index (κ3) is 3.62. The monoisotopic (exact) mass is 347 g/mol. The van der Waals surface area contributed by atoms with E-state index in [1.807, 2.05) is 0 Å². The van der Waals surface area contributed by atoms with Crippen LogP contribution in [0.5, 0.6) is 0 Å². The molecule has 1 aromatic carbocycles. The fourth-order valence-electron chi connectivity index (χ4n) is 2.65. The van der Waals surface area contributed by atoms with Crippen molar-refractivity contribution in [3.63, 3.8) is 0 Å². The van der Waals surface area contributed by atoms with Gasteiger partial charge in [0.2, 0.25) is 0 Å². The second kappa shape index (κ2) is 6.78. The summed E-state index contributed by atoms with van der Waals surface area (Å²) in [4.78, 5) is 0. The first-order chi connectivity index (χ1) is 11.9. The van der Waals surface area contributed by atoms with Gasteiger partial charge < -0.3 is 14.8 Å². The van der Waals surface area contributed by atoms with E-state index in [2.05, 4.69) is 15.5 Å². The van der Waals surface area contributed by atoms with Crippen molar-refractivity contribution in [2.24, 2.45) is 0 Å². The van der Waals surface area contributed by atoms with Crippen LogP contribution in [0.1, 0.15) is 24.0 Å². The number of aryl methyl sites for hydroxylation is 1. The van der Waals surface area contributed by atoms with Gasteiger partial charge in [0.25, 0.3) is 0 Å². The Morgan fingerprint density at radius 3 is 2.60 bits per heavy atom. The molecule has 3 aromatic rings. The van der Waals surface area contributed by atoms with Crippen LogP contribution in [-0.2, 0) is 12.1 Å². The van der Waals surface area contributed by atoms with Crippen LogP contribution >= 0.6 is 0 Å². The van der Waals surface area contributed by atoms with Gasteiger partial charge in [0.05, 0.1) is 17.5 Å². The number of halogens is 2. The minimum atomic E-state index is -1.21. The summed E-state index contributed by atoms with van der Waals surface area (Å²) in [5.74, 6) is -0.167.